The molecule has 0 bridgehead atoms. The molecular weight excluding hydrogens is 352 g/mol. The van der Waals surface area contributed by atoms with E-state index in [1.165, 1.54) is 0 Å². The van der Waals surface area contributed by atoms with Gasteiger partial charge in [0.2, 0.25) is 5.88 Å². The molecule has 0 amide bonds. The van der Waals surface area contributed by atoms with Crippen molar-refractivity contribution >= 4 is 5.78 Å². The number of aryl methyl sites for hydroxylation is 1. The quantitative estimate of drug-likeness (QED) is 0.670. The van der Waals surface area contributed by atoms with Crippen molar-refractivity contribution in [3.63, 3.8) is 0 Å². The lowest BCUT2D eigenvalue weighted by molar-refractivity contribution is 0.0933. The number of fused-ring (bicyclic) bond motifs is 1. The van der Waals surface area contributed by atoms with Crippen LogP contribution < -0.4 is 9.47 Å². The average Bonchev–Trinajstić information content (AvgIpc) is 2.70. The Morgan fingerprint density at radius 3 is 2.75 bits per heavy atom. The predicted octanol–water partition coefficient (Wildman–Crippen LogP) is 4.61. The molecule has 0 saturated carbocycles. The molecule has 2 heterocycles. The summed E-state index contributed by atoms with van der Waals surface area (Å²) in [6.07, 6.45) is 2.83. The maximum Gasteiger partial charge on any atom is 0.219 e. The van der Waals surface area contributed by atoms with Crippen molar-refractivity contribution in [1.29, 1.82) is 5.26 Å². The summed E-state index contributed by atoms with van der Waals surface area (Å²) in [7, 11) is 0. The van der Waals surface area contributed by atoms with E-state index in [4.69, 9.17) is 14.7 Å². The number of carbonyl (C=O) groups is 1. The van der Waals surface area contributed by atoms with Gasteiger partial charge >= 0.3 is 0 Å². The van der Waals surface area contributed by atoms with Gasteiger partial charge < -0.3 is 9.47 Å². The minimum atomic E-state index is 0.0958. The van der Waals surface area contributed by atoms with E-state index in [0.717, 1.165) is 16.7 Å². The number of carbonyl (C=O) groups excluding carboxylic acids is 1. The van der Waals surface area contributed by atoms with Crippen molar-refractivity contribution in [2.75, 3.05) is 6.61 Å². The maximum absolute atomic E-state index is 12.0. The molecule has 1 aliphatic heterocycles. The molecular formula is C23H18N2O3. The minimum absolute atomic E-state index is 0.0958. The highest BCUT2D eigenvalue weighted by Gasteiger charge is 2.20. The van der Waals surface area contributed by atoms with Crippen molar-refractivity contribution in [3.05, 3.63) is 82.5 Å². The number of nitriles is 1. The fraction of sp³-hybridized carbons (Fsp3) is 0.174. The van der Waals surface area contributed by atoms with Crippen LogP contribution >= 0.6 is 0 Å². The molecule has 5 nitrogen and oxygen atoms in total. The Hall–Kier alpha value is -3.65. The molecule has 0 spiro atoms. The van der Waals surface area contributed by atoms with Crippen LogP contribution in [0.2, 0.25) is 0 Å². The fourth-order valence-corrected chi connectivity index (χ4v) is 3.17. The predicted molar refractivity (Wildman–Crippen MR) is 104 cm³/mol. The molecule has 138 valence electrons. The van der Waals surface area contributed by atoms with Crippen molar-refractivity contribution in [2.45, 2.75) is 19.8 Å². The lowest BCUT2D eigenvalue weighted by Crippen LogP contribution is -2.15. The van der Waals surface area contributed by atoms with Gasteiger partial charge in [0.25, 0.3) is 0 Å². The second-order valence-corrected chi connectivity index (χ2v) is 6.73. The van der Waals surface area contributed by atoms with Crippen LogP contribution in [0.5, 0.6) is 17.4 Å². The lowest BCUT2D eigenvalue weighted by Gasteiger charge is -2.18. The van der Waals surface area contributed by atoms with E-state index in [2.05, 4.69) is 11.1 Å². The molecule has 0 saturated heterocycles. The molecule has 0 atom stereocenters. The van der Waals surface area contributed by atoms with Gasteiger partial charge in [-0.25, -0.2) is 4.98 Å². The van der Waals surface area contributed by atoms with Gasteiger partial charge in [0.1, 0.15) is 11.5 Å². The Labute approximate surface area is 163 Å². The van der Waals surface area contributed by atoms with E-state index in [1.807, 2.05) is 49.4 Å². The summed E-state index contributed by atoms with van der Waals surface area (Å²) in [5.41, 5.74) is 4.27. The summed E-state index contributed by atoms with van der Waals surface area (Å²) in [6, 6.07) is 17.0. The van der Waals surface area contributed by atoms with Gasteiger partial charge in [-0.1, -0.05) is 12.1 Å². The number of ketones is 1. The van der Waals surface area contributed by atoms with Crippen LogP contribution in [-0.4, -0.2) is 17.4 Å². The Morgan fingerprint density at radius 2 is 1.96 bits per heavy atom. The van der Waals surface area contributed by atoms with E-state index in [1.54, 1.807) is 12.3 Å². The summed E-state index contributed by atoms with van der Waals surface area (Å²) in [4.78, 5) is 16.3. The number of rotatable bonds is 4. The first-order chi connectivity index (χ1) is 13.6. The molecule has 0 fully saturated rings. The van der Waals surface area contributed by atoms with Crippen LogP contribution in [0.25, 0.3) is 0 Å². The third kappa shape index (κ3) is 3.72. The molecule has 0 unspecified atom stereocenters. The standard InChI is InChI=1S/C23H18N2O3/c1-15-10-19-20(26)7-9-27-22(19)13-21(15)28-23-12-18(6-8-25-23)11-16-2-4-17(14-24)5-3-16/h2-6,8,10,12-13H,7,9,11H2,1H3. The van der Waals surface area contributed by atoms with Crippen LogP contribution in [0.15, 0.2) is 54.7 Å². The highest BCUT2D eigenvalue weighted by atomic mass is 16.5. The van der Waals surface area contributed by atoms with E-state index in [-0.39, 0.29) is 5.78 Å². The number of nitrogens with zero attached hydrogens (tertiary/aromatic N) is 2. The van der Waals surface area contributed by atoms with Gasteiger partial charge in [0.15, 0.2) is 5.78 Å². The maximum atomic E-state index is 12.0. The van der Waals surface area contributed by atoms with Crippen LogP contribution in [0.1, 0.15) is 39.0 Å². The third-order valence-electron chi connectivity index (χ3n) is 4.67. The topological polar surface area (TPSA) is 72.2 Å². The van der Waals surface area contributed by atoms with Crippen molar-refractivity contribution in [2.24, 2.45) is 0 Å². The van der Waals surface area contributed by atoms with Crippen molar-refractivity contribution < 1.29 is 14.3 Å². The number of Topliss-reactive ketones (excluding diaryl/α,β-unsaturated/α-hetero) is 1. The van der Waals surface area contributed by atoms with E-state index in [9.17, 15) is 4.79 Å². The van der Waals surface area contributed by atoms with Crippen LogP contribution in [0.4, 0.5) is 0 Å². The molecule has 0 radical (unpaired) electrons. The summed E-state index contributed by atoms with van der Waals surface area (Å²) in [5, 5.41) is 8.90. The lowest BCUT2D eigenvalue weighted by atomic mass is 10.0. The number of hydrogen-bond acceptors (Lipinski definition) is 5. The Kier molecular flexibility index (Phi) is 4.77. The van der Waals surface area contributed by atoms with Crippen LogP contribution in [0.3, 0.4) is 0 Å². The van der Waals surface area contributed by atoms with Crippen molar-refractivity contribution in [3.8, 4) is 23.4 Å². The average molecular weight is 370 g/mol. The zero-order valence-corrected chi connectivity index (χ0v) is 15.4. The summed E-state index contributed by atoms with van der Waals surface area (Å²) in [6.45, 7) is 2.30. The first kappa shape index (κ1) is 17.7. The molecule has 0 aliphatic carbocycles. The molecule has 0 N–H and O–H groups in total. The number of benzene rings is 2. The Morgan fingerprint density at radius 1 is 1.14 bits per heavy atom. The fourth-order valence-electron chi connectivity index (χ4n) is 3.17. The van der Waals surface area contributed by atoms with Crippen LogP contribution in [0, 0.1) is 18.3 Å². The zero-order valence-electron chi connectivity index (χ0n) is 15.4. The van der Waals surface area contributed by atoms with Gasteiger partial charge in [-0.3, -0.25) is 4.79 Å². The molecule has 1 aliphatic rings. The second kappa shape index (κ2) is 7.53. The molecule has 1 aromatic heterocycles. The normalized spacial score (nSPS) is 12.6. The Bertz CT molecular complexity index is 1080. The van der Waals surface area contributed by atoms with E-state index < -0.39 is 0 Å². The van der Waals surface area contributed by atoms with Gasteiger partial charge in [-0.2, -0.15) is 5.26 Å². The highest BCUT2D eigenvalue weighted by Crippen LogP contribution is 2.34. The SMILES string of the molecule is Cc1cc2c(cc1Oc1cc(Cc3ccc(C#N)cc3)ccn1)OCCC2=O. The summed E-state index contributed by atoms with van der Waals surface area (Å²) in [5.74, 6) is 1.76. The number of pyridine rings is 1. The van der Waals surface area contributed by atoms with Gasteiger partial charge in [0, 0.05) is 24.8 Å². The van der Waals surface area contributed by atoms with Gasteiger partial charge in [0.05, 0.1) is 23.8 Å². The van der Waals surface area contributed by atoms with E-state index >= 15 is 0 Å². The first-order valence-electron chi connectivity index (χ1n) is 9.05. The van der Waals surface area contributed by atoms with Gasteiger partial charge in [-0.15, -0.1) is 0 Å². The first-order valence-corrected chi connectivity index (χ1v) is 9.05. The largest absolute Gasteiger partial charge is 0.492 e. The number of ether oxygens (including phenoxy) is 2. The minimum Gasteiger partial charge on any atom is -0.492 e. The molecule has 28 heavy (non-hydrogen) atoms. The molecule has 4 rings (SSSR count). The number of aromatic nitrogens is 1. The molecule has 3 aromatic rings. The zero-order chi connectivity index (χ0) is 19.5. The van der Waals surface area contributed by atoms with Crippen molar-refractivity contribution in [1.82, 2.24) is 4.98 Å². The summed E-state index contributed by atoms with van der Waals surface area (Å²) >= 11 is 0. The Balaban J connectivity index is 1.55. The summed E-state index contributed by atoms with van der Waals surface area (Å²) < 4.78 is 11.6. The van der Waals surface area contributed by atoms with Crippen LogP contribution in [-0.2, 0) is 6.42 Å². The third-order valence-corrected chi connectivity index (χ3v) is 4.67. The molecule has 5 heteroatoms. The monoisotopic (exact) mass is 370 g/mol. The molecule has 2 aromatic carbocycles. The van der Waals surface area contributed by atoms with Gasteiger partial charge in [-0.05, 0) is 54.3 Å². The highest BCUT2D eigenvalue weighted by molar-refractivity contribution is 6.00. The smallest absolute Gasteiger partial charge is 0.219 e. The second-order valence-electron chi connectivity index (χ2n) is 6.73. The number of hydrogen-bond donors (Lipinski definition) is 0. The van der Waals surface area contributed by atoms with E-state index in [0.29, 0.717) is 48.0 Å².